The van der Waals surface area contributed by atoms with Crippen molar-refractivity contribution in [1.29, 1.82) is 5.26 Å². The fraction of sp³-hybridized carbons (Fsp3) is 0.333. The summed E-state index contributed by atoms with van der Waals surface area (Å²) < 4.78 is 1.73. The molecule has 24 heavy (non-hydrogen) atoms. The molecular weight excluding hydrogens is 296 g/mol. The smallest absolute Gasteiger partial charge is 0.255 e. The Morgan fingerprint density at radius 2 is 1.92 bits per heavy atom. The molecule has 2 aromatic rings. The second-order valence-electron chi connectivity index (χ2n) is 7.02. The van der Waals surface area contributed by atoms with E-state index in [4.69, 9.17) is 0 Å². The van der Waals surface area contributed by atoms with E-state index < -0.39 is 0 Å². The van der Waals surface area contributed by atoms with Gasteiger partial charge in [0.2, 0.25) is 0 Å². The topological polar surface area (TPSA) is 45.8 Å². The van der Waals surface area contributed by atoms with Gasteiger partial charge in [-0.15, -0.1) is 0 Å². The zero-order valence-corrected chi connectivity index (χ0v) is 13.7. The van der Waals surface area contributed by atoms with Gasteiger partial charge in [0.15, 0.2) is 0 Å². The van der Waals surface area contributed by atoms with Gasteiger partial charge in [0, 0.05) is 17.8 Å². The molecule has 0 bridgehead atoms. The molecule has 1 spiro atoms. The Morgan fingerprint density at radius 1 is 1.08 bits per heavy atom. The lowest BCUT2D eigenvalue weighted by Crippen LogP contribution is -2.31. The van der Waals surface area contributed by atoms with Crippen LogP contribution >= 0.6 is 0 Å². The first-order valence-corrected chi connectivity index (χ1v) is 8.65. The lowest BCUT2D eigenvalue weighted by atomic mass is 9.66. The van der Waals surface area contributed by atoms with Gasteiger partial charge in [0.1, 0.15) is 0 Å². The van der Waals surface area contributed by atoms with E-state index >= 15 is 0 Å². The number of pyridine rings is 1. The minimum atomic E-state index is -0.0232. The van der Waals surface area contributed by atoms with E-state index in [1.807, 2.05) is 24.4 Å². The van der Waals surface area contributed by atoms with Crippen LogP contribution in [0.5, 0.6) is 0 Å². The largest absolute Gasteiger partial charge is 0.284 e. The molecule has 0 unspecified atom stereocenters. The molecule has 3 nitrogen and oxygen atoms in total. The number of hydrogen-bond acceptors (Lipinski definition) is 2. The molecule has 1 aromatic heterocycles. The first-order chi connectivity index (χ1) is 11.7. The number of benzene rings is 1. The van der Waals surface area contributed by atoms with Gasteiger partial charge in [-0.2, -0.15) is 5.26 Å². The van der Waals surface area contributed by atoms with Crippen molar-refractivity contribution in [2.75, 3.05) is 0 Å². The van der Waals surface area contributed by atoms with Gasteiger partial charge in [-0.25, -0.2) is 0 Å². The van der Waals surface area contributed by atoms with Crippen molar-refractivity contribution in [2.45, 2.75) is 38.5 Å². The third-order valence-electron chi connectivity index (χ3n) is 5.43. The van der Waals surface area contributed by atoms with Crippen LogP contribution in [0.2, 0.25) is 0 Å². The van der Waals surface area contributed by atoms with E-state index in [1.54, 1.807) is 16.7 Å². The van der Waals surface area contributed by atoms with Crippen LogP contribution < -0.4 is 5.56 Å². The minimum absolute atomic E-state index is 0.0232. The van der Waals surface area contributed by atoms with Gasteiger partial charge < -0.3 is 0 Å². The number of nitriles is 1. The predicted octanol–water partition coefficient (Wildman–Crippen LogP) is 4.12. The number of rotatable bonds is 1. The van der Waals surface area contributed by atoms with Gasteiger partial charge in [-0.3, -0.25) is 9.36 Å². The van der Waals surface area contributed by atoms with Crippen LogP contribution in [0.15, 0.2) is 53.5 Å². The van der Waals surface area contributed by atoms with Crippen molar-refractivity contribution < 1.29 is 0 Å². The van der Waals surface area contributed by atoms with Gasteiger partial charge in [-0.1, -0.05) is 37.5 Å². The summed E-state index contributed by atoms with van der Waals surface area (Å²) >= 11 is 0. The number of hydrogen-bond donors (Lipinski definition) is 0. The van der Waals surface area contributed by atoms with Crippen molar-refractivity contribution in [3.05, 3.63) is 75.7 Å². The highest BCUT2D eigenvalue weighted by atomic mass is 16.1. The van der Waals surface area contributed by atoms with Crippen LogP contribution in [0, 0.1) is 16.7 Å². The molecule has 1 saturated carbocycles. The number of allylic oxidation sites excluding steroid dienone is 1. The standard InChI is InChI=1S/C21H20N2O/c22-15-16-7-8-17-13-21(9-3-1-4-10-21)14-19(18(17)12-16)23-11-5-2-6-20(23)24/h2,5-8,11-12,14H,1,3-4,9-10,13H2. The quantitative estimate of drug-likeness (QED) is 0.794. The summed E-state index contributed by atoms with van der Waals surface area (Å²) in [6.07, 6.45) is 11.3. The summed E-state index contributed by atoms with van der Waals surface area (Å²) in [7, 11) is 0. The monoisotopic (exact) mass is 316 g/mol. The predicted molar refractivity (Wildman–Crippen MR) is 94.5 cm³/mol. The fourth-order valence-electron chi connectivity index (χ4n) is 4.24. The number of nitrogens with zero attached hydrogens (tertiary/aromatic N) is 2. The molecule has 3 heteroatoms. The van der Waals surface area contributed by atoms with E-state index in [9.17, 15) is 10.1 Å². The van der Waals surface area contributed by atoms with Crippen LogP contribution in [0.4, 0.5) is 0 Å². The van der Waals surface area contributed by atoms with E-state index in [0.29, 0.717) is 5.56 Å². The van der Waals surface area contributed by atoms with Crippen molar-refractivity contribution in [1.82, 2.24) is 4.57 Å². The van der Waals surface area contributed by atoms with Crippen LogP contribution in [-0.4, -0.2) is 4.57 Å². The van der Waals surface area contributed by atoms with Crippen molar-refractivity contribution >= 4 is 5.70 Å². The second kappa shape index (κ2) is 5.79. The SMILES string of the molecule is N#Cc1ccc2c(c1)C(n1ccccc1=O)=CC1(CCCCC1)C2. The first-order valence-electron chi connectivity index (χ1n) is 8.65. The molecule has 2 aliphatic carbocycles. The molecule has 120 valence electrons. The highest BCUT2D eigenvalue weighted by Gasteiger charge is 2.35. The van der Waals surface area contributed by atoms with E-state index in [-0.39, 0.29) is 11.0 Å². The molecule has 0 amide bonds. The van der Waals surface area contributed by atoms with E-state index in [2.05, 4.69) is 18.2 Å². The molecule has 0 aliphatic heterocycles. The Labute approximate surface area is 141 Å². The maximum absolute atomic E-state index is 12.4. The van der Waals surface area contributed by atoms with Crippen molar-refractivity contribution in [2.24, 2.45) is 5.41 Å². The van der Waals surface area contributed by atoms with Crippen molar-refractivity contribution in [3.63, 3.8) is 0 Å². The fourth-order valence-corrected chi connectivity index (χ4v) is 4.24. The van der Waals surface area contributed by atoms with Crippen LogP contribution in [0.3, 0.4) is 0 Å². The van der Waals surface area contributed by atoms with Crippen LogP contribution in [-0.2, 0) is 6.42 Å². The molecular formula is C21H20N2O. The Bertz CT molecular complexity index is 908. The maximum Gasteiger partial charge on any atom is 0.255 e. The first kappa shape index (κ1) is 15.0. The van der Waals surface area contributed by atoms with Gasteiger partial charge >= 0.3 is 0 Å². The molecule has 0 saturated heterocycles. The number of aromatic nitrogens is 1. The zero-order valence-electron chi connectivity index (χ0n) is 13.7. The highest BCUT2D eigenvalue weighted by Crippen LogP contribution is 2.46. The summed E-state index contributed by atoms with van der Waals surface area (Å²) in [4.78, 5) is 12.4. The lowest BCUT2D eigenvalue weighted by Gasteiger charge is -2.39. The molecule has 0 N–H and O–H groups in total. The molecule has 2 aliphatic rings. The summed E-state index contributed by atoms with van der Waals surface area (Å²) in [5.74, 6) is 0. The lowest BCUT2D eigenvalue weighted by molar-refractivity contribution is 0.253. The number of fused-ring (bicyclic) bond motifs is 1. The summed E-state index contributed by atoms with van der Waals surface area (Å²) in [5.41, 5.74) is 4.00. The molecule has 0 atom stereocenters. The Hall–Kier alpha value is -2.60. The third-order valence-corrected chi connectivity index (χ3v) is 5.43. The molecule has 4 rings (SSSR count). The molecule has 1 fully saturated rings. The van der Waals surface area contributed by atoms with Gasteiger partial charge in [0.25, 0.3) is 5.56 Å². The van der Waals surface area contributed by atoms with Crippen molar-refractivity contribution in [3.8, 4) is 6.07 Å². The minimum Gasteiger partial charge on any atom is -0.284 e. The Morgan fingerprint density at radius 3 is 2.67 bits per heavy atom. The average molecular weight is 316 g/mol. The second-order valence-corrected chi connectivity index (χ2v) is 7.02. The summed E-state index contributed by atoms with van der Waals surface area (Å²) in [6, 6.07) is 13.4. The molecule has 1 heterocycles. The third kappa shape index (κ3) is 2.49. The van der Waals surface area contributed by atoms with Crippen LogP contribution in [0.1, 0.15) is 48.8 Å². The normalized spacial score (nSPS) is 18.5. The Balaban J connectivity index is 1.94. The van der Waals surface area contributed by atoms with E-state index in [1.165, 1.54) is 37.7 Å². The molecule has 1 aromatic carbocycles. The maximum atomic E-state index is 12.4. The van der Waals surface area contributed by atoms with E-state index in [0.717, 1.165) is 17.7 Å². The van der Waals surface area contributed by atoms with Gasteiger partial charge in [0.05, 0.1) is 17.3 Å². The zero-order chi connectivity index (χ0) is 16.6. The van der Waals surface area contributed by atoms with Gasteiger partial charge in [-0.05, 0) is 48.4 Å². The summed E-state index contributed by atoms with van der Waals surface area (Å²) in [5, 5.41) is 9.25. The average Bonchev–Trinajstić information content (AvgIpc) is 2.62. The van der Waals surface area contributed by atoms with Crippen LogP contribution in [0.25, 0.3) is 5.70 Å². The summed E-state index contributed by atoms with van der Waals surface area (Å²) in [6.45, 7) is 0. The molecule has 0 radical (unpaired) electrons. The highest BCUT2D eigenvalue weighted by molar-refractivity contribution is 5.72. The Kier molecular flexibility index (Phi) is 3.61.